The van der Waals surface area contributed by atoms with Crippen molar-refractivity contribution in [3.05, 3.63) is 45.4 Å². The summed E-state index contributed by atoms with van der Waals surface area (Å²) in [6, 6.07) is 8.74. The first-order valence-electron chi connectivity index (χ1n) is 6.96. The molecular weight excluding hydrogens is 254 g/mol. The summed E-state index contributed by atoms with van der Waals surface area (Å²) in [4.78, 5) is 0. The number of hydrogen-bond donors (Lipinski definition) is 1. The summed E-state index contributed by atoms with van der Waals surface area (Å²) in [6.07, 6.45) is 3.69. The minimum atomic E-state index is 0.715. The number of aromatic nitrogens is 2. The topological polar surface area (TPSA) is 37.8 Å². The van der Waals surface area contributed by atoms with Crippen molar-refractivity contribution in [2.24, 2.45) is 0 Å². The van der Waals surface area contributed by atoms with Crippen LogP contribution in [0, 0.1) is 0 Å². The van der Waals surface area contributed by atoms with Gasteiger partial charge in [-0.3, -0.25) is 0 Å². The van der Waals surface area contributed by atoms with Crippen molar-refractivity contribution in [3.8, 4) is 0 Å². The van der Waals surface area contributed by atoms with Crippen LogP contribution in [0.5, 0.6) is 0 Å². The normalized spacial score (nSPS) is 14.8. The highest BCUT2D eigenvalue weighted by atomic mass is 32.1. The minimum Gasteiger partial charge on any atom is -0.306 e. The molecule has 4 heteroatoms. The van der Waals surface area contributed by atoms with Crippen molar-refractivity contribution >= 4 is 11.3 Å². The van der Waals surface area contributed by atoms with E-state index in [1.165, 1.54) is 29.0 Å². The number of nitrogens with zero attached hydrogens (tertiary/aromatic N) is 2. The molecule has 3 nitrogen and oxygen atoms in total. The van der Waals surface area contributed by atoms with E-state index in [0.717, 1.165) is 24.5 Å². The Kier molecular flexibility index (Phi) is 3.89. The van der Waals surface area contributed by atoms with Gasteiger partial charge >= 0.3 is 0 Å². The smallest absolute Gasteiger partial charge is 0.131 e. The maximum absolute atomic E-state index is 4.26. The molecule has 19 heavy (non-hydrogen) atoms. The van der Waals surface area contributed by atoms with Crippen LogP contribution in [0.2, 0.25) is 0 Å². The maximum Gasteiger partial charge on any atom is 0.131 e. The Labute approximate surface area is 118 Å². The Morgan fingerprint density at radius 3 is 2.84 bits per heavy atom. The highest BCUT2D eigenvalue weighted by molar-refractivity contribution is 7.11. The molecule has 1 aliphatic carbocycles. The first-order valence-corrected chi connectivity index (χ1v) is 7.77. The van der Waals surface area contributed by atoms with Gasteiger partial charge in [0.25, 0.3) is 0 Å². The van der Waals surface area contributed by atoms with Crippen LogP contribution in [-0.2, 0) is 19.5 Å². The molecule has 0 unspecified atom stereocenters. The van der Waals surface area contributed by atoms with Gasteiger partial charge in [-0.25, -0.2) is 0 Å². The van der Waals surface area contributed by atoms with Gasteiger partial charge in [0, 0.05) is 19.0 Å². The summed E-state index contributed by atoms with van der Waals surface area (Å²) in [5.74, 6) is 0.715. The van der Waals surface area contributed by atoms with E-state index in [0.29, 0.717) is 5.92 Å². The molecule has 100 valence electrons. The Hall–Kier alpha value is -1.26. The van der Waals surface area contributed by atoms with Crippen LogP contribution in [-0.4, -0.2) is 10.2 Å². The summed E-state index contributed by atoms with van der Waals surface area (Å²) in [7, 11) is 0. The monoisotopic (exact) mass is 273 g/mol. The molecule has 1 heterocycles. The van der Waals surface area contributed by atoms with E-state index in [1.807, 2.05) is 0 Å². The number of hydrogen-bond acceptors (Lipinski definition) is 4. The second-order valence-electron chi connectivity index (χ2n) is 5.09. The number of benzene rings is 1. The first-order chi connectivity index (χ1) is 9.35. The van der Waals surface area contributed by atoms with Gasteiger partial charge in [-0.2, -0.15) is 0 Å². The molecule has 0 radical (unpaired) electrons. The van der Waals surface area contributed by atoms with E-state index in [1.54, 1.807) is 11.3 Å². The molecule has 1 aliphatic rings. The van der Waals surface area contributed by atoms with E-state index >= 15 is 0 Å². The highest BCUT2D eigenvalue weighted by Crippen LogP contribution is 2.41. The van der Waals surface area contributed by atoms with Gasteiger partial charge < -0.3 is 5.32 Å². The fourth-order valence-corrected chi connectivity index (χ4v) is 3.09. The van der Waals surface area contributed by atoms with Crippen molar-refractivity contribution < 1.29 is 0 Å². The second-order valence-corrected chi connectivity index (χ2v) is 6.18. The average molecular weight is 273 g/mol. The van der Waals surface area contributed by atoms with Crippen LogP contribution in [0.25, 0.3) is 0 Å². The van der Waals surface area contributed by atoms with Gasteiger partial charge in [-0.05, 0) is 30.4 Å². The SMILES string of the molecule is CCc1cccc(CNCc2nnc(C3CC3)s2)c1. The molecule has 0 atom stereocenters. The van der Waals surface area contributed by atoms with Crippen LogP contribution in [0.15, 0.2) is 24.3 Å². The van der Waals surface area contributed by atoms with Gasteiger partial charge in [-0.15, -0.1) is 10.2 Å². The zero-order chi connectivity index (χ0) is 13.1. The second kappa shape index (κ2) is 5.80. The Balaban J connectivity index is 1.51. The molecule has 1 fully saturated rings. The zero-order valence-electron chi connectivity index (χ0n) is 11.2. The molecule has 0 saturated heterocycles. The van der Waals surface area contributed by atoms with Gasteiger partial charge in [0.1, 0.15) is 10.0 Å². The lowest BCUT2D eigenvalue weighted by Crippen LogP contribution is -2.12. The van der Waals surface area contributed by atoms with Crippen molar-refractivity contribution in [2.75, 3.05) is 0 Å². The van der Waals surface area contributed by atoms with Gasteiger partial charge in [0.05, 0.1) is 0 Å². The maximum atomic E-state index is 4.26. The molecule has 1 aromatic heterocycles. The molecule has 0 bridgehead atoms. The predicted molar refractivity (Wildman–Crippen MR) is 78.2 cm³/mol. The van der Waals surface area contributed by atoms with Gasteiger partial charge in [0.15, 0.2) is 0 Å². The van der Waals surface area contributed by atoms with Crippen molar-refractivity contribution in [1.29, 1.82) is 0 Å². The fraction of sp³-hybridized carbons (Fsp3) is 0.467. The Morgan fingerprint density at radius 1 is 1.21 bits per heavy atom. The number of rotatable bonds is 6. The van der Waals surface area contributed by atoms with Crippen molar-refractivity contribution in [2.45, 2.75) is 45.2 Å². The van der Waals surface area contributed by atoms with Crippen LogP contribution in [0.1, 0.15) is 46.8 Å². The van der Waals surface area contributed by atoms with Crippen LogP contribution in [0.3, 0.4) is 0 Å². The lowest BCUT2D eigenvalue weighted by molar-refractivity contribution is 0.682. The summed E-state index contributed by atoms with van der Waals surface area (Å²) in [6.45, 7) is 3.90. The summed E-state index contributed by atoms with van der Waals surface area (Å²) in [5, 5.41) is 14.3. The van der Waals surface area contributed by atoms with Crippen molar-refractivity contribution in [1.82, 2.24) is 15.5 Å². The Bertz CT molecular complexity index is 546. The first kappa shape index (κ1) is 12.8. The minimum absolute atomic E-state index is 0.715. The third-order valence-corrected chi connectivity index (χ3v) is 4.50. The molecule has 0 spiro atoms. The molecule has 1 saturated carbocycles. The van der Waals surface area contributed by atoms with Gasteiger partial charge in [-0.1, -0.05) is 42.5 Å². The van der Waals surface area contributed by atoms with Crippen molar-refractivity contribution in [3.63, 3.8) is 0 Å². The van der Waals surface area contributed by atoms with E-state index in [4.69, 9.17) is 0 Å². The van der Waals surface area contributed by atoms with Crippen LogP contribution >= 0.6 is 11.3 Å². The van der Waals surface area contributed by atoms with E-state index in [2.05, 4.69) is 46.7 Å². The molecule has 3 rings (SSSR count). The largest absolute Gasteiger partial charge is 0.306 e. The standard InChI is InChI=1S/C15H19N3S/c1-2-11-4-3-5-12(8-11)9-16-10-14-17-18-15(19-14)13-6-7-13/h3-5,8,13,16H,2,6-7,9-10H2,1H3. The third kappa shape index (κ3) is 3.39. The third-order valence-electron chi connectivity index (χ3n) is 3.41. The van der Waals surface area contributed by atoms with Crippen LogP contribution in [0.4, 0.5) is 0 Å². The van der Waals surface area contributed by atoms with Gasteiger partial charge in [0.2, 0.25) is 0 Å². The molecule has 0 amide bonds. The average Bonchev–Trinajstić information content (AvgIpc) is 3.19. The lowest BCUT2D eigenvalue weighted by Gasteiger charge is -2.04. The van der Waals surface area contributed by atoms with E-state index < -0.39 is 0 Å². The summed E-state index contributed by atoms with van der Waals surface area (Å²) in [5.41, 5.74) is 2.73. The Morgan fingerprint density at radius 2 is 2.05 bits per heavy atom. The summed E-state index contributed by atoms with van der Waals surface area (Å²) >= 11 is 1.76. The summed E-state index contributed by atoms with van der Waals surface area (Å²) < 4.78 is 0. The molecule has 0 aliphatic heterocycles. The number of aryl methyl sites for hydroxylation is 1. The van der Waals surface area contributed by atoms with E-state index in [-0.39, 0.29) is 0 Å². The lowest BCUT2D eigenvalue weighted by atomic mass is 10.1. The molecule has 1 N–H and O–H groups in total. The molecule has 2 aromatic rings. The van der Waals surface area contributed by atoms with Crippen LogP contribution < -0.4 is 5.32 Å². The molecular formula is C15H19N3S. The quantitative estimate of drug-likeness (QED) is 0.878. The van der Waals surface area contributed by atoms with E-state index in [9.17, 15) is 0 Å². The zero-order valence-corrected chi connectivity index (χ0v) is 12.0. The predicted octanol–water partition coefficient (Wildman–Crippen LogP) is 3.27. The fourth-order valence-electron chi connectivity index (χ4n) is 2.11. The number of nitrogens with one attached hydrogen (secondary N) is 1. The highest BCUT2D eigenvalue weighted by Gasteiger charge is 2.27. The molecule has 1 aromatic carbocycles.